The molecule has 0 fully saturated rings. The lowest BCUT2D eigenvalue weighted by Gasteiger charge is -2.34. The molecule has 2 amide bonds. The van der Waals surface area contributed by atoms with E-state index in [2.05, 4.69) is 5.32 Å². The van der Waals surface area contributed by atoms with Crippen LogP contribution in [0.1, 0.15) is 49.9 Å². The van der Waals surface area contributed by atoms with Gasteiger partial charge >= 0.3 is 0 Å². The average molecular weight is 580 g/mol. The standard InChI is InChI=1S/C32H41N3O5S/c1-22-9-16-28(17-10-22)41(38,39)35(29-18-11-23(2)19-24(29)3)21-30(36)34(25(4)31(37)33-32(5,6)7)20-26-12-14-27(40-8)15-13-26/h9-19,25H,20-21H2,1-8H3,(H,33,37). The summed E-state index contributed by atoms with van der Waals surface area (Å²) in [5.74, 6) is -0.178. The van der Waals surface area contributed by atoms with E-state index in [1.807, 2.05) is 65.8 Å². The lowest BCUT2D eigenvalue weighted by atomic mass is 10.1. The molecule has 0 spiro atoms. The van der Waals surface area contributed by atoms with Crippen LogP contribution in [-0.2, 0) is 26.2 Å². The molecular weight excluding hydrogens is 538 g/mol. The van der Waals surface area contributed by atoms with Crippen LogP contribution in [0.4, 0.5) is 5.69 Å². The van der Waals surface area contributed by atoms with Crippen molar-refractivity contribution in [3.8, 4) is 5.75 Å². The molecule has 3 aromatic carbocycles. The molecule has 0 bridgehead atoms. The highest BCUT2D eigenvalue weighted by Crippen LogP contribution is 2.28. The summed E-state index contributed by atoms with van der Waals surface area (Å²) < 4.78 is 34.4. The summed E-state index contributed by atoms with van der Waals surface area (Å²) in [4.78, 5) is 28.8. The first-order valence-electron chi connectivity index (χ1n) is 13.5. The maximum atomic E-state index is 14.1. The lowest BCUT2D eigenvalue weighted by Crippen LogP contribution is -2.54. The monoisotopic (exact) mass is 579 g/mol. The summed E-state index contributed by atoms with van der Waals surface area (Å²) in [6.07, 6.45) is 0. The first kappa shape index (κ1) is 31.7. The van der Waals surface area contributed by atoms with Gasteiger partial charge in [-0.3, -0.25) is 13.9 Å². The Morgan fingerprint density at radius 2 is 1.49 bits per heavy atom. The number of hydrogen-bond acceptors (Lipinski definition) is 5. The molecule has 9 heteroatoms. The molecule has 3 aromatic rings. The molecule has 0 aliphatic rings. The van der Waals surface area contributed by atoms with Gasteiger partial charge in [-0.2, -0.15) is 0 Å². The van der Waals surface area contributed by atoms with Crippen molar-refractivity contribution >= 4 is 27.5 Å². The molecule has 41 heavy (non-hydrogen) atoms. The van der Waals surface area contributed by atoms with Gasteiger partial charge in [-0.25, -0.2) is 8.42 Å². The largest absolute Gasteiger partial charge is 0.497 e. The summed E-state index contributed by atoms with van der Waals surface area (Å²) >= 11 is 0. The van der Waals surface area contributed by atoms with Crippen LogP contribution in [0.2, 0.25) is 0 Å². The molecule has 220 valence electrons. The SMILES string of the molecule is COc1ccc(CN(C(=O)CN(c2ccc(C)cc2C)S(=O)(=O)c2ccc(C)cc2)C(C)C(=O)NC(C)(C)C)cc1. The number of amides is 2. The number of carbonyl (C=O) groups is 2. The van der Waals surface area contributed by atoms with Gasteiger partial charge in [-0.15, -0.1) is 0 Å². The van der Waals surface area contributed by atoms with Gasteiger partial charge in [0.05, 0.1) is 17.7 Å². The van der Waals surface area contributed by atoms with Crippen molar-refractivity contribution in [1.29, 1.82) is 0 Å². The maximum Gasteiger partial charge on any atom is 0.264 e. The zero-order valence-corrected chi connectivity index (χ0v) is 26.0. The van der Waals surface area contributed by atoms with Crippen molar-refractivity contribution in [1.82, 2.24) is 10.2 Å². The summed E-state index contributed by atoms with van der Waals surface area (Å²) in [6.45, 7) is 12.5. The van der Waals surface area contributed by atoms with E-state index in [0.717, 1.165) is 21.0 Å². The second kappa shape index (κ2) is 12.8. The Morgan fingerprint density at radius 3 is 2.02 bits per heavy atom. The number of methoxy groups -OCH3 is 1. The molecule has 1 atom stereocenters. The first-order valence-corrected chi connectivity index (χ1v) is 15.0. The van der Waals surface area contributed by atoms with Crippen LogP contribution in [0.25, 0.3) is 0 Å². The van der Waals surface area contributed by atoms with E-state index in [1.54, 1.807) is 56.5 Å². The number of benzene rings is 3. The van der Waals surface area contributed by atoms with Crippen LogP contribution in [0.15, 0.2) is 71.6 Å². The highest BCUT2D eigenvalue weighted by atomic mass is 32.2. The topological polar surface area (TPSA) is 96.0 Å². The Balaban J connectivity index is 2.06. The summed E-state index contributed by atoms with van der Waals surface area (Å²) in [7, 11) is -2.55. The minimum absolute atomic E-state index is 0.0797. The summed E-state index contributed by atoms with van der Waals surface area (Å²) in [5.41, 5.74) is 3.27. The molecule has 0 saturated heterocycles. The van der Waals surface area contributed by atoms with Gasteiger partial charge in [0.2, 0.25) is 11.8 Å². The van der Waals surface area contributed by atoms with Gasteiger partial charge in [-0.1, -0.05) is 47.5 Å². The van der Waals surface area contributed by atoms with E-state index in [9.17, 15) is 18.0 Å². The Labute approximate surface area is 244 Å². The number of ether oxygens (including phenoxy) is 1. The van der Waals surface area contributed by atoms with E-state index in [-0.39, 0.29) is 17.3 Å². The number of hydrogen-bond donors (Lipinski definition) is 1. The highest BCUT2D eigenvalue weighted by molar-refractivity contribution is 7.92. The van der Waals surface area contributed by atoms with Gasteiger partial charge in [0, 0.05) is 12.1 Å². The Hall–Kier alpha value is -3.85. The number of sulfonamides is 1. The predicted molar refractivity (Wildman–Crippen MR) is 163 cm³/mol. The maximum absolute atomic E-state index is 14.1. The zero-order valence-electron chi connectivity index (χ0n) is 25.2. The van der Waals surface area contributed by atoms with Crippen LogP contribution < -0.4 is 14.4 Å². The molecule has 0 heterocycles. The lowest BCUT2D eigenvalue weighted by molar-refractivity contribution is -0.140. The normalized spacial score (nSPS) is 12.4. The van der Waals surface area contributed by atoms with E-state index in [0.29, 0.717) is 17.0 Å². The molecule has 0 aliphatic carbocycles. The van der Waals surface area contributed by atoms with Crippen molar-refractivity contribution in [2.75, 3.05) is 18.0 Å². The Bertz CT molecular complexity index is 1480. The van der Waals surface area contributed by atoms with E-state index < -0.39 is 34.1 Å². The fourth-order valence-electron chi connectivity index (χ4n) is 4.42. The predicted octanol–water partition coefficient (Wildman–Crippen LogP) is 5.15. The van der Waals surface area contributed by atoms with Gasteiger partial charge in [-0.05, 0) is 89.9 Å². The minimum atomic E-state index is -4.12. The van der Waals surface area contributed by atoms with Crippen LogP contribution in [0.3, 0.4) is 0 Å². The Morgan fingerprint density at radius 1 is 0.902 bits per heavy atom. The second-order valence-corrected chi connectivity index (χ2v) is 13.3. The van der Waals surface area contributed by atoms with Crippen LogP contribution >= 0.6 is 0 Å². The van der Waals surface area contributed by atoms with E-state index in [4.69, 9.17) is 4.74 Å². The molecule has 0 saturated carbocycles. The molecule has 1 N–H and O–H groups in total. The first-order chi connectivity index (χ1) is 19.1. The molecule has 1 unspecified atom stereocenters. The van der Waals surface area contributed by atoms with Crippen molar-refractivity contribution < 1.29 is 22.7 Å². The number of nitrogens with zero attached hydrogens (tertiary/aromatic N) is 2. The van der Waals surface area contributed by atoms with Crippen molar-refractivity contribution in [2.45, 2.75) is 71.5 Å². The molecule has 3 rings (SSSR count). The smallest absolute Gasteiger partial charge is 0.264 e. The summed E-state index contributed by atoms with van der Waals surface area (Å²) in [5, 5.41) is 2.94. The minimum Gasteiger partial charge on any atom is -0.497 e. The number of rotatable bonds is 10. The fraction of sp³-hybridized carbons (Fsp3) is 0.375. The molecule has 0 aromatic heterocycles. The van der Waals surface area contributed by atoms with Crippen molar-refractivity contribution in [3.63, 3.8) is 0 Å². The third-order valence-corrected chi connectivity index (χ3v) is 8.46. The van der Waals surface area contributed by atoms with Gasteiger partial charge in [0.1, 0.15) is 18.3 Å². The molecular formula is C32H41N3O5S. The van der Waals surface area contributed by atoms with Gasteiger partial charge < -0.3 is 15.0 Å². The van der Waals surface area contributed by atoms with E-state index >= 15 is 0 Å². The van der Waals surface area contributed by atoms with Gasteiger partial charge in [0.15, 0.2) is 0 Å². The van der Waals surface area contributed by atoms with E-state index in [1.165, 1.54) is 4.90 Å². The average Bonchev–Trinajstić information content (AvgIpc) is 2.90. The molecule has 0 radical (unpaired) electrons. The number of carbonyl (C=O) groups excluding carboxylic acids is 2. The van der Waals surface area contributed by atoms with Crippen molar-refractivity contribution in [3.05, 3.63) is 89.0 Å². The highest BCUT2D eigenvalue weighted by Gasteiger charge is 2.34. The van der Waals surface area contributed by atoms with Crippen LogP contribution in [0, 0.1) is 20.8 Å². The quantitative estimate of drug-likeness (QED) is 0.359. The summed E-state index contributed by atoms with van der Waals surface area (Å²) in [6, 6.07) is 18.3. The van der Waals surface area contributed by atoms with Crippen LogP contribution in [-0.4, -0.2) is 50.4 Å². The van der Waals surface area contributed by atoms with Gasteiger partial charge in [0.25, 0.3) is 10.0 Å². The third kappa shape index (κ3) is 8.10. The Kier molecular flexibility index (Phi) is 9.86. The number of nitrogens with one attached hydrogen (secondary N) is 1. The van der Waals surface area contributed by atoms with Crippen molar-refractivity contribution in [2.24, 2.45) is 0 Å². The van der Waals surface area contributed by atoms with Crippen LogP contribution in [0.5, 0.6) is 5.75 Å². The number of anilines is 1. The fourth-order valence-corrected chi connectivity index (χ4v) is 5.90. The zero-order chi connectivity index (χ0) is 30.5. The third-order valence-electron chi connectivity index (χ3n) is 6.69. The molecule has 8 nitrogen and oxygen atoms in total. The number of aryl methyl sites for hydroxylation is 3. The molecule has 0 aliphatic heterocycles. The second-order valence-electron chi connectivity index (χ2n) is 11.4.